The van der Waals surface area contributed by atoms with Crippen molar-refractivity contribution in [2.45, 2.75) is 79.1 Å². The van der Waals surface area contributed by atoms with Crippen LogP contribution in [0.25, 0.3) is 70.2 Å². The highest BCUT2D eigenvalue weighted by molar-refractivity contribution is 6.15. The Kier molecular flexibility index (Phi) is 17.0. The first-order valence-corrected chi connectivity index (χ1v) is 24.1. The largest absolute Gasteiger partial charge is 0.372 e. The normalized spacial score (nSPS) is 11.9. The number of benzene rings is 7. The lowest BCUT2D eigenvalue weighted by Gasteiger charge is -2.24. The van der Waals surface area contributed by atoms with Gasteiger partial charge in [0.2, 0.25) is 0 Å². The number of fused-ring (bicyclic) bond motifs is 2. The van der Waals surface area contributed by atoms with E-state index in [1.807, 2.05) is 0 Å². The van der Waals surface area contributed by atoms with Gasteiger partial charge in [-0.1, -0.05) is 211 Å². The second kappa shape index (κ2) is 23.9. The van der Waals surface area contributed by atoms with Crippen LogP contribution in [0.15, 0.2) is 146 Å². The maximum atomic E-state index is 2.55. The Morgan fingerprint density at radius 3 is 0.938 bits per heavy atom. The van der Waals surface area contributed by atoms with Crippen molar-refractivity contribution in [2.24, 2.45) is 0 Å². The molecule has 0 fully saturated rings. The van der Waals surface area contributed by atoms with E-state index in [2.05, 4.69) is 232 Å². The zero-order valence-electron chi connectivity index (χ0n) is 38.9. The molecule has 0 saturated heterocycles. The van der Waals surface area contributed by atoms with E-state index in [1.165, 1.54) is 129 Å². The first-order valence-electron chi connectivity index (χ1n) is 24.1. The molecule has 0 bridgehead atoms. The number of nitrogens with zero attached hydrogens (tertiary/aromatic N) is 2. The summed E-state index contributed by atoms with van der Waals surface area (Å²) in [6.07, 6.45) is 27.9. The van der Waals surface area contributed by atoms with Gasteiger partial charge in [0.1, 0.15) is 0 Å². The third-order valence-electron chi connectivity index (χ3n) is 12.3. The van der Waals surface area contributed by atoms with Crippen LogP contribution in [-0.2, 0) is 0 Å². The fourth-order valence-corrected chi connectivity index (χ4v) is 8.50. The van der Waals surface area contributed by atoms with Crippen LogP contribution < -0.4 is 9.80 Å². The zero-order chi connectivity index (χ0) is 44.4. The van der Waals surface area contributed by atoms with Crippen molar-refractivity contribution in [2.75, 3.05) is 36.0 Å². The van der Waals surface area contributed by atoms with Crippen molar-refractivity contribution in [3.63, 3.8) is 0 Å². The van der Waals surface area contributed by atoms with Gasteiger partial charge in [0.25, 0.3) is 0 Å². The Morgan fingerprint density at radius 1 is 0.297 bits per heavy atom. The van der Waals surface area contributed by atoms with E-state index < -0.39 is 0 Å². The van der Waals surface area contributed by atoms with Crippen LogP contribution in [-0.4, -0.2) is 26.2 Å². The van der Waals surface area contributed by atoms with Crippen molar-refractivity contribution in [1.29, 1.82) is 0 Å². The van der Waals surface area contributed by atoms with Gasteiger partial charge in [-0.25, -0.2) is 0 Å². The van der Waals surface area contributed by atoms with Crippen molar-refractivity contribution in [3.05, 3.63) is 190 Å². The van der Waals surface area contributed by atoms with Gasteiger partial charge in [-0.2, -0.15) is 0 Å². The van der Waals surface area contributed by atoms with Crippen LogP contribution >= 0.6 is 0 Å². The van der Waals surface area contributed by atoms with E-state index in [-0.39, 0.29) is 0 Å². The Balaban J connectivity index is 1.28. The van der Waals surface area contributed by atoms with Crippen molar-refractivity contribution < 1.29 is 0 Å². The summed E-state index contributed by atoms with van der Waals surface area (Å²) >= 11 is 0. The zero-order valence-corrected chi connectivity index (χ0v) is 38.9. The monoisotopic (exact) mass is 841 g/mol. The molecule has 0 heterocycles. The molecular formula is C62H68N2. The third kappa shape index (κ3) is 12.4. The predicted octanol–water partition coefficient (Wildman–Crippen LogP) is 17.5. The SMILES string of the molecule is CCCCN(CCCC)c1ccc(/C=C/c2ccc3c(/C=C/c4ccccc4)c4cc(/C=C/c5ccc(N(CCCC)CCCC)cc5)ccc4c(/C=C/c4ccccc4)c3c2)cc1. The molecular weight excluding hydrogens is 773 g/mol. The molecule has 0 radical (unpaired) electrons. The molecule has 0 aliphatic carbocycles. The molecule has 0 spiro atoms. The fraction of sp³-hybridized carbons (Fsp3) is 0.258. The molecule has 0 amide bonds. The van der Waals surface area contributed by atoms with Gasteiger partial charge >= 0.3 is 0 Å². The summed E-state index contributed by atoms with van der Waals surface area (Å²) in [7, 11) is 0. The average molecular weight is 841 g/mol. The molecule has 7 aromatic rings. The minimum Gasteiger partial charge on any atom is -0.372 e. The molecule has 0 aromatic heterocycles. The predicted molar refractivity (Wildman–Crippen MR) is 287 cm³/mol. The van der Waals surface area contributed by atoms with Crippen molar-refractivity contribution >= 4 is 81.5 Å². The Hall–Kier alpha value is -6.38. The van der Waals surface area contributed by atoms with Crippen LogP contribution in [0, 0.1) is 0 Å². The molecule has 7 aromatic carbocycles. The van der Waals surface area contributed by atoms with Gasteiger partial charge in [0, 0.05) is 37.6 Å². The van der Waals surface area contributed by atoms with E-state index in [0.717, 1.165) is 26.2 Å². The second-order valence-electron chi connectivity index (χ2n) is 17.2. The highest BCUT2D eigenvalue weighted by Crippen LogP contribution is 2.37. The maximum Gasteiger partial charge on any atom is 0.0366 e. The second-order valence-corrected chi connectivity index (χ2v) is 17.2. The molecule has 0 atom stereocenters. The third-order valence-corrected chi connectivity index (χ3v) is 12.3. The first-order chi connectivity index (χ1) is 31.6. The number of unbranched alkanes of at least 4 members (excludes halogenated alkanes) is 4. The van der Waals surface area contributed by atoms with E-state index in [0.29, 0.717) is 0 Å². The maximum absolute atomic E-state index is 2.55. The minimum absolute atomic E-state index is 1.12. The van der Waals surface area contributed by atoms with Gasteiger partial charge < -0.3 is 9.80 Å². The van der Waals surface area contributed by atoms with Crippen LogP contribution in [0.5, 0.6) is 0 Å². The number of hydrogen-bond acceptors (Lipinski definition) is 2. The van der Waals surface area contributed by atoms with Crippen molar-refractivity contribution in [1.82, 2.24) is 0 Å². The topological polar surface area (TPSA) is 6.48 Å². The van der Waals surface area contributed by atoms with Crippen molar-refractivity contribution in [3.8, 4) is 0 Å². The molecule has 2 nitrogen and oxygen atoms in total. The van der Waals surface area contributed by atoms with E-state index in [1.54, 1.807) is 0 Å². The Bertz CT molecular complexity index is 2430. The highest BCUT2D eigenvalue weighted by Gasteiger charge is 2.13. The molecule has 0 saturated carbocycles. The van der Waals surface area contributed by atoms with Gasteiger partial charge in [0.15, 0.2) is 0 Å². The highest BCUT2D eigenvalue weighted by atomic mass is 15.1. The molecule has 2 heteroatoms. The van der Waals surface area contributed by atoms with Crippen LogP contribution in [0.3, 0.4) is 0 Å². The van der Waals surface area contributed by atoms with E-state index >= 15 is 0 Å². The van der Waals surface area contributed by atoms with Crippen LogP contribution in [0.4, 0.5) is 11.4 Å². The first kappa shape index (κ1) is 45.6. The summed E-state index contributed by atoms with van der Waals surface area (Å²) in [5.41, 5.74) is 12.2. The summed E-state index contributed by atoms with van der Waals surface area (Å²) < 4.78 is 0. The number of rotatable bonds is 22. The Morgan fingerprint density at radius 2 is 0.594 bits per heavy atom. The molecule has 326 valence electrons. The lowest BCUT2D eigenvalue weighted by Crippen LogP contribution is -2.25. The quantitative estimate of drug-likeness (QED) is 0.0496. The summed E-state index contributed by atoms with van der Waals surface area (Å²) in [4.78, 5) is 5.11. The van der Waals surface area contributed by atoms with Gasteiger partial charge in [-0.3, -0.25) is 0 Å². The summed E-state index contributed by atoms with van der Waals surface area (Å²) in [6.45, 7) is 13.6. The lowest BCUT2D eigenvalue weighted by molar-refractivity contribution is 0.678. The molecule has 0 unspecified atom stereocenters. The van der Waals surface area contributed by atoms with E-state index in [9.17, 15) is 0 Å². The van der Waals surface area contributed by atoms with Crippen LogP contribution in [0.1, 0.15) is 124 Å². The summed E-state index contributed by atoms with van der Waals surface area (Å²) in [6, 6.07) is 53.5. The summed E-state index contributed by atoms with van der Waals surface area (Å²) in [5, 5.41) is 4.95. The number of anilines is 2. The molecule has 0 N–H and O–H groups in total. The standard InChI is InChI=1S/C62H68N2/c1-5-9-43-63(44-10-6-2)55-35-27-51(28-36-55)23-25-53-33-41-59-58(40-32-50-21-17-14-18-22-50)62-48-54(26-24-52-29-37-56(38-30-52)64(45-11-7-3)46-12-8-4)34-42-60(62)57(61(59)47-53)39-31-49-19-15-13-16-20-49/h13-42,47-48H,5-12,43-46H2,1-4H3/b25-23+,26-24+,39-31+,40-32+. The lowest BCUT2D eigenvalue weighted by atomic mass is 9.88. The Labute approximate surface area is 385 Å². The van der Waals surface area contributed by atoms with Gasteiger partial charge in [-0.15, -0.1) is 0 Å². The van der Waals surface area contributed by atoms with Crippen LogP contribution in [0.2, 0.25) is 0 Å². The molecule has 64 heavy (non-hydrogen) atoms. The molecule has 7 rings (SSSR count). The average Bonchev–Trinajstić information content (AvgIpc) is 3.34. The minimum atomic E-state index is 1.12. The molecule has 0 aliphatic rings. The summed E-state index contributed by atoms with van der Waals surface area (Å²) in [5.74, 6) is 0. The molecule has 0 aliphatic heterocycles. The smallest absolute Gasteiger partial charge is 0.0366 e. The van der Waals surface area contributed by atoms with E-state index in [4.69, 9.17) is 0 Å². The fourth-order valence-electron chi connectivity index (χ4n) is 8.50. The van der Waals surface area contributed by atoms with Gasteiger partial charge in [0.05, 0.1) is 0 Å². The number of hydrogen-bond donors (Lipinski definition) is 0. The van der Waals surface area contributed by atoms with Gasteiger partial charge in [-0.05, 0) is 128 Å².